The number of sulfonamides is 1. The number of benzene rings is 1. The first kappa shape index (κ1) is 18.5. The molecule has 5 nitrogen and oxygen atoms in total. The van der Waals surface area contributed by atoms with E-state index in [1.165, 1.54) is 23.5 Å². The van der Waals surface area contributed by atoms with Crippen molar-refractivity contribution in [2.75, 3.05) is 32.8 Å². The minimum Gasteiger partial charge on any atom is -0.379 e. The first-order valence-corrected chi connectivity index (χ1v) is 10.4. The van der Waals surface area contributed by atoms with Gasteiger partial charge in [-0.25, -0.2) is 17.5 Å². The van der Waals surface area contributed by atoms with Crippen molar-refractivity contribution >= 4 is 21.4 Å². The number of rotatable bonds is 6. The molecule has 0 radical (unpaired) electrons. The number of thiophene rings is 1. The Bertz CT molecular complexity index is 800. The first-order valence-electron chi connectivity index (χ1n) is 8.09. The molecule has 0 aliphatic carbocycles. The quantitative estimate of drug-likeness (QED) is 0.832. The van der Waals surface area contributed by atoms with Crippen LogP contribution in [0, 0.1) is 12.7 Å². The van der Waals surface area contributed by atoms with E-state index in [1.807, 2.05) is 6.92 Å². The van der Waals surface area contributed by atoms with Crippen molar-refractivity contribution in [3.05, 3.63) is 52.7 Å². The highest BCUT2D eigenvalue weighted by Gasteiger charge is 2.25. The molecule has 1 fully saturated rings. The van der Waals surface area contributed by atoms with Crippen LogP contribution in [0.1, 0.15) is 16.5 Å². The predicted octanol–water partition coefficient (Wildman–Crippen LogP) is 2.55. The normalized spacial score (nSPS) is 17.5. The highest BCUT2D eigenvalue weighted by Crippen LogP contribution is 2.24. The fourth-order valence-electron chi connectivity index (χ4n) is 2.85. The SMILES string of the molecule is Cc1ccc(S(=O)(=O)NC[C@@H](c2ccc(F)cc2)N2CCOCC2)s1. The summed E-state index contributed by atoms with van der Waals surface area (Å²) in [5, 5.41) is 0. The van der Waals surface area contributed by atoms with Gasteiger partial charge >= 0.3 is 0 Å². The summed E-state index contributed by atoms with van der Waals surface area (Å²) in [6.45, 7) is 4.73. The van der Waals surface area contributed by atoms with Crippen LogP contribution < -0.4 is 4.72 Å². The summed E-state index contributed by atoms with van der Waals surface area (Å²) < 4.78 is 46.7. The number of halogens is 1. The van der Waals surface area contributed by atoms with E-state index in [4.69, 9.17) is 4.74 Å². The minimum absolute atomic E-state index is 0.166. The number of morpholine rings is 1. The first-order chi connectivity index (χ1) is 12.0. The van der Waals surface area contributed by atoms with Crippen LogP contribution in [-0.4, -0.2) is 46.2 Å². The maximum absolute atomic E-state index is 13.2. The van der Waals surface area contributed by atoms with Crippen LogP contribution in [0.15, 0.2) is 40.6 Å². The van der Waals surface area contributed by atoms with Gasteiger partial charge in [0.25, 0.3) is 0 Å². The Morgan fingerprint density at radius 1 is 1.20 bits per heavy atom. The van der Waals surface area contributed by atoms with Crippen LogP contribution in [0.2, 0.25) is 0 Å². The minimum atomic E-state index is -3.55. The Morgan fingerprint density at radius 2 is 1.88 bits per heavy atom. The maximum atomic E-state index is 13.2. The molecule has 2 heterocycles. The van der Waals surface area contributed by atoms with E-state index in [0.29, 0.717) is 30.5 Å². The molecule has 0 unspecified atom stereocenters. The lowest BCUT2D eigenvalue weighted by Gasteiger charge is -2.34. The number of ether oxygens (including phenoxy) is 1. The summed E-state index contributed by atoms with van der Waals surface area (Å²) in [6.07, 6.45) is 0. The van der Waals surface area contributed by atoms with Gasteiger partial charge in [0, 0.05) is 30.6 Å². The van der Waals surface area contributed by atoms with E-state index < -0.39 is 10.0 Å². The second-order valence-corrected chi connectivity index (χ2v) is 9.21. The van der Waals surface area contributed by atoms with Gasteiger partial charge in [-0.3, -0.25) is 4.90 Å². The highest BCUT2D eigenvalue weighted by molar-refractivity contribution is 7.91. The molecule has 1 aliphatic rings. The lowest BCUT2D eigenvalue weighted by molar-refractivity contribution is 0.0172. The Morgan fingerprint density at radius 3 is 2.48 bits per heavy atom. The van der Waals surface area contributed by atoms with Crippen LogP contribution in [0.25, 0.3) is 0 Å². The zero-order chi connectivity index (χ0) is 17.9. The Labute approximate surface area is 151 Å². The molecule has 3 rings (SSSR count). The zero-order valence-electron chi connectivity index (χ0n) is 13.9. The Hall–Kier alpha value is -1.32. The molecule has 136 valence electrons. The highest BCUT2D eigenvalue weighted by atomic mass is 32.2. The summed E-state index contributed by atoms with van der Waals surface area (Å²) in [6, 6.07) is 9.46. The Balaban J connectivity index is 1.78. The van der Waals surface area contributed by atoms with Crippen molar-refractivity contribution < 1.29 is 17.5 Å². The second-order valence-electron chi connectivity index (χ2n) is 5.93. The standard InChI is InChI=1S/C17H21FN2O3S2/c1-13-2-7-17(24-13)25(21,22)19-12-16(20-8-10-23-11-9-20)14-3-5-15(18)6-4-14/h2-7,16,19H,8-12H2,1H3/t16-/m0/s1. The zero-order valence-corrected chi connectivity index (χ0v) is 15.6. The fourth-order valence-corrected chi connectivity index (χ4v) is 5.21. The molecule has 1 atom stereocenters. The third-order valence-corrected chi connectivity index (χ3v) is 7.10. The molecule has 25 heavy (non-hydrogen) atoms. The number of nitrogens with one attached hydrogen (secondary N) is 1. The molecule has 0 amide bonds. The number of hydrogen-bond donors (Lipinski definition) is 1. The van der Waals surface area contributed by atoms with Gasteiger partial charge in [-0.05, 0) is 36.8 Å². The summed E-state index contributed by atoms with van der Waals surface area (Å²) in [5.74, 6) is -0.306. The third-order valence-electron chi connectivity index (χ3n) is 4.19. The summed E-state index contributed by atoms with van der Waals surface area (Å²) >= 11 is 1.25. The van der Waals surface area contributed by atoms with Gasteiger partial charge in [-0.2, -0.15) is 0 Å². The van der Waals surface area contributed by atoms with Crippen LogP contribution in [0.5, 0.6) is 0 Å². The lowest BCUT2D eigenvalue weighted by Crippen LogP contribution is -2.43. The molecule has 2 aromatic rings. The smallest absolute Gasteiger partial charge is 0.250 e. The largest absolute Gasteiger partial charge is 0.379 e. The third kappa shape index (κ3) is 4.65. The average molecular weight is 384 g/mol. The lowest BCUT2D eigenvalue weighted by atomic mass is 10.0. The van der Waals surface area contributed by atoms with Crippen molar-refractivity contribution in [1.29, 1.82) is 0 Å². The van der Waals surface area contributed by atoms with Gasteiger partial charge in [-0.15, -0.1) is 11.3 Å². The molecule has 0 bridgehead atoms. The van der Waals surface area contributed by atoms with Gasteiger partial charge in [0.15, 0.2) is 0 Å². The van der Waals surface area contributed by atoms with Crippen molar-refractivity contribution in [2.45, 2.75) is 17.2 Å². The topological polar surface area (TPSA) is 58.6 Å². The molecule has 8 heteroatoms. The monoisotopic (exact) mass is 384 g/mol. The van der Waals surface area contributed by atoms with E-state index in [2.05, 4.69) is 9.62 Å². The molecule has 0 saturated carbocycles. The molecule has 1 saturated heterocycles. The molecule has 1 N–H and O–H groups in total. The van der Waals surface area contributed by atoms with Gasteiger partial charge in [0.05, 0.1) is 13.2 Å². The summed E-state index contributed by atoms with van der Waals surface area (Å²) in [7, 11) is -3.55. The number of hydrogen-bond acceptors (Lipinski definition) is 5. The average Bonchev–Trinajstić information content (AvgIpc) is 3.05. The van der Waals surface area contributed by atoms with Crippen molar-refractivity contribution in [1.82, 2.24) is 9.62 Å². The van der Waals surface area contributed by atoms with Crippen LogP contribution in [0.4, 0.5) is 4.39 Å². The maximum Gasteiger partial charge on any atom is 0.250 e. The van der Waals surface area contributed by atoms with E-state index in [0.717, 1.165) is 10.4 Å². The number of aryl methyl sites for hydroxylation is 1. The van der Waals surface area contributed by atoms with Gasteiger partial charge in [0.2, 0.25) is 10.0 Å². The van der Waals surface area contributed by atoms with Crippen molar-refractivity contribution in [2.24, 2.45) is 0 Å². The van der Waals surface area contributed by atoms with E-state index in [1.54, 1.807) is 24.3 Å². The number of nitrogens with zero attached hydrogens (tertiary/aromatic N) is 1. The molecule has 1 aliphatic heterocycles. The summed E-state index contributed by atoms with van der Waals surface area (Å²) in [5.41, 5.74) is 0.883. The van der Waals surface area contributed by atoms with Gasteiger partial charge in [0.1, 0.15) is 10.0 Å². The molecule has 0 spiro atoms. The van der Waals surface area contributed by atoms with Crippen LogP contribution in [0.3, 0.4) is 0 Å². The van der Waals surface area contributed by atoms with Crippen molar-refractivity contribution in [3.8, 4) is 0 Å². The van der Waals surface area contributed by atoms with E-state index in [9.17, 15) is 12.8 Å². The second kappa shape index (κ2) is 7.92. The van der Waals surface area contributed by atoms with Crippen molar-refractivity contribution in [3.63, 3.8) is 0 Å². The van der Waals surface area contributed by atoms with E-state index in [-0.39, 0.29) is 18.4 Å². The van der Waals surface area contributed by atoms with Gasteiger partial charge < -0.3 is 4.74 Å². The predicted molar refractivity (Wildman–Crippen MR) is 95.8 cm³/mol. The fraction of sp³-hybridized carbons (Fsp3) is 0.412. The molecule has 1 aromatic heterocycles. The molecule has 1 aromatic carbocycles. The Kier molecular flexibility index (Phi) is 5.85. The van der Waals surface area contributed by atoms with Crippen LogP contribution >= 0.6 is 11.3 Å². The van der Waals surface area contributed by atoms with E-state index >= 15 is 0 Å². The summed E-state index contributed by atoms with van der Waals surface area (Å²) in [4.78, 5) is 3.11. The molecular weight excluding hydrogens is 363 g/mol. The van der Waals surface area contributed by atoms with Gasteiger partial charge in [-0.1, -0.05) is 12.1 Å². The van der Waals surface area contributed by atoms with Crippen LogP contribution in [-0.2, 0) is 14.8 Å². The molecular formula is C17H21FN2O3S2.